The Morgan fingerprint density at radius 3 is 2.44 bits per heavy atom. The largest absolute Gasteiger partial charge is 0.494 e. The topological polar surface area (TPSA) is 81.7 Å². The maximum atomic E-state index is 12.1. The smallest absolute Gasteiger partial charge is 0.306 e. The van der Waals surface area contributed by atoms with Crippen LogP contribution in [0.5, 0.6) is 5.75 Å². The Balaban J connectivity index is 1.72. The van der Waals surface area contributed by atoms with E-state index in [1.165, 1.54) is 0 Å². The lowest BCUT2D eigenvalue weighted by Gasteiger charge is -2.07. The molecule has 2 aromatic carbocycles. The lowest BCUT2D eigenvalue weighted by Crippen LogP contribution is -2.21. The van der Waals surface area contributed by atoms with Crippen LogP contribution in [-0.4, -0.2) is 30.9 Å². The summed E-state index contributed by atoms with van der Waals surface area (Å²) in [5, 5.41) is 3.05. The van der Waals surface area contributed by atoms with E-state index in [0.29, 0.717) is 28.6 Å². The molecule has 142 valence electrons. The molecule has 0 heterocycles. The van der Waals surface area contributed by atoms with Gasteiger partial charge in [-0.1, -0.05) is 17.7 Å². The van der Waals surface area contributed by atoms with Gasteiger partial charge in [0.15, 0.2) is 12.4 Å². The van der Waals surface area contributed by atoms with Gasteiger partial charge in [0.25, 0.3) is 5.91 Å². The Morgan fingerprint density at radius 2 is 1.78 bits per heavy atom. The summed E-state index contributed by atoms with van der Waals surface area (Å²) < 4.78 is 10.2. The van der Waals surface area contributed by atoms with E-state index in [4.69, 9.17) is 21.1 Å². The van der Waals surface area contributed by atoms with Crippen LogP contribution in [0.1, 0.15) is 30.1 Å². The van der Waals surface area contributed by atoms with Gasteiger partial charge in [-0.05, 0) is 49.4 Å². The van der Waals surface area contributed by atoms with Gasteiger partial charge in [-0.25, -0.2) is 0 Å². The van der Waals surface area contributed by atoms with Crippen molar-refractivity contribution in [3.63, 3.8) is 0 Å². The maximum absolute atomic E-state index is 12.1. The molecule has 2 aromatic rings. The first-order chi connectivity index (χ1) is 13.0. The molecule has 27 heavy (non-hydrogen) atoms. The number of halogens is 1. The van der Waals surface area contributed by atoms with Gasteiger partial charge in [0.1, 0.15) is 5.75 Å². The van der Waals surface area contributed by atoms with E-state index in [9.17, 15) is 14.4 Å². The Bertz CT molecular complexity index is 804. The molecule has 1 N–H and O–H groups in total. The number of esters is 1. The van der Waals surface area contributed by atoms with Crippen molar-refractivity contribution < 1.29 is 23.9 Å². The van der Waals surface area contributed by atoms with Crippen molar-refractivity contribution in [1.29, 1.82) is 0 Å². The summed E-state index contributed by atoms with van der Waals surface area (Å²) in [5.41, 5.74) is 0.999. The summed E-state index contributed by atoms with van der Waals surface area (Å²) in [6.07, 6.45) is -0.0980. The predicted octanol–water partition coefficient (Wildman–Crippen LogP) is 3.88. The summed E-state index contributed by atoms with van der Waals surface area (Å²) in [6, 6.07) is 13.3. The first kappa shape index (κ1) is 20.5. The fourth-order valence-electron chi connectivity index (χ4n) is 2.25. The van der Waals surface area contributed by atoms with Crippen LogP contribution in [0.2, 0.25) is 5.02 Å². The molecule has 0 bridgehead atoms. The molecule has 0 saturated carbocycles. The number of hydrogen-bond acceptors (Lipinski definition) is 5. The molecule has 2 rings (SSSR count). The van der Waals surface area contributed by atoms with Crippen molar-refractivity contribution >= 4 is 34.9 Å². The van der Waals surface area contributed by atoms with Crippen molar-refractivity contribution in [3.8, 4) is 5.75 Å². The van der Waals surface area contributed by atoms with Gasteiger partial charge in [0.2, 0.25) is 0 Å². The lowest BCUT2D eigenvalue weighted by molar-refractivity contribution is -0.147. The van der Waals surface area contributed by atoms with E-state index >= 15 is 0 Å². The molecule has 0 saturated heterocycles. The highest BCUT2D eigenvalue weighted by Crippen LogP contribution is 2.15. The third-order valence-electron chi connectivity index (χ3n) is 3.52. The van der Waals surface area contributed by atoms with Crippen LogP contribution < -0.4 is 10.1 Å². The van der Waals surface area contributed by atoms with E-state index in [-0.39, 0.29) is 18.6 Å². The number of carbonyl (C=O) groups excluding carboxylic acids is 3. The number of rotatable bonds is 9. The molecule has 0 fully saturated rings. The van der Waals surface area contributed by atoms with Crippen LogP contribution in [0, 0.1) is 0 Å². The van der Waals surface area contributed by atoms with Crippen LogP contribution >= 0.6 is 11.6 Å². The zero-order valence-electron chi connectivity index (χ0n) is 14.9. The fourth-order valence-corrected chi connectivity index (χ4v) is 2.44. The molecule has 0 aliphatic rings. The van der Waals surface area contributed by atoms with E-state index in [1.54, 1.807) is 48.5 Å². The van der Waals surface area contributed by atoms with Crippen molar-refractivity contribution in [3.05, 3.63) is 59.1 Å². The van der Waals surface area contributed by atoms with Crippen LogP contribution in [0.25, 0.3) is 0 Å². The van der Waals surface area contributed by atoms with Gasteiger partial charge in [0.05, 0.1) is 13.0 Å². The number of ketones is 1. The minimum absolute atomic E-state index is 0.00271. The Labute approximate surface area is 162 Å². The van der Waals surface area contributed by atoms with Gasteiger partial charge in [-0.2, -0.15) is 0 Å². The highest BCUT2D eigenvalue weighted by atomic mass is 35.5. The minimum atomic E-state index is -0.615. The first-order valence-corrected chi connectivity index (χ1v) is 8.83. The highest BCUT2D eigenvalue weighted by molar-refractivity contribution is 6.30. The molecule has 1 amide bonds. The highest BCUT2D eigenvalue weighted by Gasteiger charge is 2.12. The number of ether oxygens (including phenoxy) is 2. The molecular weight excluding hydrogens is 370 g/mol. The van der Waals surface area contributed by atoms with Gasteiger partial charge in [0, 0.05) is 22.7 Å². The number of benzene rings is 2. The predicted molar refractivity (Wildman–Crippen MR) is 102 cm³/mol. The average molecular weight is 390 g/mol. The van der Waals surface area contributed by atoms with E-state index in [1.807, 2.05) is 6.92 Å². The zero-order chi connectivity index (χ0) is 19.6. The number of Topliss-reactive ketones (excluding diaryl/α,β-unsaturated/α-hetero) is 1. The Kier molecular flexibility index (Phi) is 7.82. The summed E-state index contributed by atoms with van der Waals surface area (Å²) >= 11 is 5.83. The van der Waals surface area contributed by atoms with Gasteiger partial charge >= 0.3 is 5.97 Å². The van der Waals surface area contributed by atoms with Gasteiger partial charge in [-0.15, -0.1) is 0 Å². The first-order valence-electron chi connectivity index (χ1n) is 8.45. The van der Waals surface area contributed by atoms with Crippen LogP contribution in [0.15, 0.2) is 48.5 Å². The molecule has 7 heteroatoms. The summed E-state index contributed by atoms with van der Waals surface area (Å²) in [6.45, 7) is 1.99. The van der Waals surface area contributed by atoms with Crippen molar-refractivity contribution in [2.45, 2.75) is 19.8 Å². The van der Waals surface area contributed by atoms with Crippen LogP contribution in [0.4, 0.5) is 5.69 Å². The SMILES string of the molecule is CCOc1ccc(C(=O)CCC(=O)OCC(=O)Nc2cccc(Cl)c2)cc1. The Hall–Kier alpha value is -2.86. The summed E-state index contributed by atoms with van der Waals surface area (Å²) in [7, 11) is 0. The number of hydrogen-bond donors (Lipinski definition) is 1. The van der Waals surface area contributed by atoms with E-state index in [2.05, 4.69) is 5.32 Å². The quantitative estimate of drug-likeness (QED) is 0.519. The van der Waals surface area contributed by atoms with Crippen molar-refractivity contribution in [2.75, 3.05) is 18.5 Å². The summed E-state index contributed by atoms with van der Waals surface area (Å²) in [5.74, 6) is -0.600. The van der Waals surface area contributed by atoms with Crippen LogP contribution in [-0.2, 0) is 14.3 Å². The fraction of sp³-hybridized carbons (Fsp3) is 0.250. The summed E-state index contributed by atoms with van der Waals surface area (Å²) in [4.78, 5) is 35.6. The lowest BCUT2D eigenvalue weighted by atomic mass is 10.1. The number of amides is 1. The zero-order valence-corrected chi connectivity index (χ0v) is 15.6. The molecule has 0 spiro atoms. The molecule has 0 aliphatic heterocycles. The second kappa shape index (κ2) is 10.3. The second-order valence-corrected chi connectivity index (χ2v) is 6.04. The van der Waals surface area contributed by atoms with Crippen molar-refractivity contribution in [2.24, 2.45) is 0 Å². The van der Waals surface area contributed by atoms with Gasteiger partial charge in [-0.3, -0.25) is 14.4 Å². The monoisotopic (exact) mass is 389 g/mol. The normalized spacial score (nSPS) is 10.1. The van der Waals surface area contributed by atoms with Crippen molar-refractivity contribution in [1.82, 2.24) is 0 Å². The Morgan fingerprint density at radius 1 is 1.04 bits per heavy atom. The third-order valence-corrected chi connectivity index (χ3v) is 3.75. The standard InChI is InChI=1S/C20H20ClNO5/c1-2-26-17-8-6-14(7-9-17)18(23)10-11-20(25)27-13-19(24)22-16-5-3-4-15(21)12-16/h3-9,12H,2,10-11,13H2,1H3,(H,22,24). The number of nitrogens with one attached hydrogen (secondary N) is 1. The van der Waals surface area contributed by atoms with Crippen LogP contribution in [0.3, 0.4) is 0 Å². The van der Waals surface area contributed by atoms with Gasteiger partial charge < -0.3 is 14.8 Å². The minimum Gasteiger partial charge on any atom is -0.494 e. The molecule has 0 aromatic heterocycles. The maximum Gasteiger partial charge on any atom is 0.306 e. The molecular formula is C20H20ClNO5. The third kappa shape index (κ3) is 7.11. The number of anilines is 1. The second-order valence-electron chi connectivity index (χ2n) is 5.60. The average Bonchev–Trinajstić information content (AvgIpc) is 2.65. The number of carbonyl (C=O) groups is 3. The molecule has 0 atom stereocenters. The molecule has 6 nitrogen and oxygen atoms in total. The molecule has 0 radical (unpaired) electrons. The molecule has 0 unspecified atom stereocenters. The van der Waals surface area contributed by atoms with E-state index < -0.39 is 18.5 Å². The van der Waals surface area contributed by atoms with E-state index in [0.717, 1.165) is 0 Å². The molecule has 0 aliphatic carbocycles.